The lowest BCUT2D eigenvalue weighted by atomic mass is 9.80. The fourth-order valence-electron chi connectivity index (χ4n) is 2.68. The third-order valence-corrected chi connectivity index (χ3v) is 4.36. The van der Waals surface area contributed by atoms with Gasteiger partial charge in [-0.15, -0.1) is 0 Å². The van der Waals surface area contributed by atoms with Crippen molar-refractivity contribution in [3.8, 4) is 0 Å². The summed E-state index contributed by atoms with van der Waals surface area (Å²) >= 11 is 0. The molecule has 110 valence electrons. The number of benzene rings is 1. The van der Waals surface area contributed by atoms with Crippen LogP contribution >= 0.6 is 0 Å². The van der Waals surface area contributed by atoms with Crippen LogP contribution in [0.3, 0.4) is 0 Å². The van der Waals surface area contributed by atoms with Crippen LogP contribution in [0.2, 0.25) is 0 Å². The molecule has 3 rings (SSSR count). The van der Waals surface area contributed by atoms with Crippen LogP contribution in [0.1, 0.15) is 30.1 Å². The minimum atomic E-state index is -0.783. The number of nitrogens with one attached hydrogen (secondary N) is 1. The third kappa shape index (κ3) is 2.37. The number of rotatable bonds is 2. The number of amides is 1. The number of hydrogen-bond donors (Lipinski definition) is 2. The molecule has 0 unspecified atom stereocenters. The highest BCUT2D eigenvalue weighted by Gasteiger charge is 2.38. The Labute approximate surface area is 121 Å². The molecule has 0 radical (unpaired) electrons. The number of aliphatic carboxylic acids is 1. The van der Waals surface area contributed by atoms with E-state index in [9.17, 15) is 14.7 Å². The minimum Gasteiger partial charge on any atom is -0.481 e. The van der Waals surface area contributed by atoms with Crippen molar-refractivity contribution in [3.05, 3.63) is 30.0 Å². The van der Waals surface area contributed by atoms with Gasteiger partial charge in [0.05, 0.1) is 17.1 Å². The maximum atomic E-state index is 12.5. The predicted molar refractivity (Wildman–Crippen MR) is 77.0 cm³/mol. The Bertz CT molecular complexity index is 699. The van der Waals surface area contributed by atoms with Gasteiger partial charge in [0.15, 0.2) is 0 Å². The molecule has 6 nitrogen and oxygen atoms in total. The number of aromatic nitrogens is 2. The van der Waals surface area contributed by atoms with Crippen molar-refractivity contribution in [2.24, 2.45) is 5.41 Å². The summed E-state index contributed by atoms with van der Waals surface area (Å²) in [6, 6.07) is 5.42. The van der Waals surface area contributed by atoms with E-state index in [-0.39, 0.29) is 5.91 Å². The van der Waals surface area contributed by atoms with Crippen molar-refractivity contribution < 1.29 is 14.7 Å². The van der Waals surface area contributed by atoms with Crippen LogP contribution in [0.25, 0.3) is 10.9 Å². The fraction of sp³-hybridized carbons (Fsp3) is 0.400. The molecule has 0 saturated carbocycles. The molecule has 0 atom stereocenters. The second kappa shape index (κ2) is 4.87. The van der Waals surface area contributed by atoms with E-state index in [1.165, 1.54) is 0 Å². The highest BCUT2D eigenvalue weighted by Crippen LogP contribution is 2.31. The van der Waals surface area contributed by atoms with Gasteiger partial charge in [0.2, 0.25) is 0 Å². The quantitative estimate of drug-likeness (QED) is 0.883. The van der Waals surface area contributed by atoms with Crippen molar-refractivity contribution in [1.82, 2.24) is 15.1 Å². The number of H-pyrrole nitrogens is 1. The second-order valence-electron chi connectivity index (χ2n) is 5.83. The highest BCUT2D eigenvalue weighted by atomic mass is 16.4. The first-order valence-electron chi connectivity index (χ1n) is 6.95. The number of fused-ring (bicyclic) bond motifs is 1. The Morgan fingerprint density at radius 1 is 1.33 bits per heavy atom. The van der Waals surface area contributed by atoms with E-state index >= 15 is 0 Å². The Morgan fingerprint density at radius 2 is 2.05 bits per heavy atom. The first-order valence-corrected chi connectivity index (χ1v) is 6.95. The molecule has 1 aromatic heterocycles. The number of carboxylic acids is 1. The zero-order valence-electron chi connectivity index (χ0n) is 11.8. The third-order valence-electron chi connectivity index (χ3n) is 4.36. The molecule has 0 bridgehead atoms. The smallest absolute Gasteiger partial charge is 0.309 e. The first kappa shape index (κ1) is 13.6. The van der Waals surface area contributed by atoms with Gasteiger partial charge in [-0.25, -0.2) is 0 Å². The van der Waals surface area contributed by atoms with Crippen molar-refractivity contribution in [2.75, 3.05) is 13.1 Å². The van der Waals surface area contributed by atoms with Gasteiger partial charge in [-0.3, -0.25) is 14.7 Å². The molecule has 1 aliphatic rings. The molecule has 1 fully saturated rings. The van der Waals surface area contributed by atoms with E-state index in [2.05, 4.69) is 10.2 Å². The Kier molecular flexibility index (Phi) is 3.16. The molecule has 0 spiro atoms. The zero-order valence-corrected chi connectivity index (χ0v) is 11.8. The van der Waals surface area contributed by atoms with Gasteiger partial charge in [0.1, 0.15) is 0 Å². The van der Waals surface area contributed by atoms with E-state index in [4.69, 9.17) is 0 Å². The molecule has 6 heteroatoms. The fourth-order valence-corrected chi connectivity index (χ4v) is 2.68. The van der Waals surface area contributed by atoms with Crippen LogP contribution in [0.4, 0.5) is 0 Å². The second-order valence-corrected chi connectivity index (χ2v) is 5.83. The Morgan fingerprint density at radius 3 is 2.71 bits per heavy atom. The summed E-state index contributed by atoms with van der Waals surface area (Å²) in [5, 5.41) is 16.9. The van der Waals surface area contributed by atoms with E-state index in [1.54, 1.807) is 24.1 Å². The summed E-state index contributed by atoms with van der Waals surface area (Å²) in [4.78, 5) is 25.4. The molecular formula is C15H17N3O3. The normalized spacial score (nSPS) is 17.9. The maximum absolute atomic E-state index is 12.5. The van der Waals surface area contributed by atoms with Crippen LogP contribution < -0.4 is 0 Å². The summed E-state index contributed by atoms with van der Waals surface area (Å²) in [7, 11) is 0. The predicted octanol–water partition coefficient (Wildman–Crippen LogP) is 1.89. The molecule has 21 heavy (non-hydrogen) atoms. The van der Waals surface area contributed by atoms with Crippen LogP contribution in [-0.4, -0.2) is 45.2 Å². The van der Waals surface area contributed by atoms with Gasteiger partial charge in [0, 0.05) is 24.0 Å². The highest BCUT2D eigenvalue weighted by molar-refractivity contribution is 5.98. The number of carboxylic acid groups (broad SMARTS) is 1. The molecule has 0 aliphatic carbocycles. The number of likely N-dealkylation sites (tertiary alicyclic amines) is 1. The molecule has 1 aliphatic heterocycles. The van der Waals surface area contributed by atoms with Crippen LogP contribution in [0.5, 0.6) is 0 Å². The monoisotopic (exact) mass is 287 g/mol. The van der Waals surface area contributed by atoms with E-state index in [0.29, 0.717) is 31.5 Å². The Hall–Kier alpha value is -2.37. The molecule has 1 aromatic carbocycles. The van der Waals surface area contributed by atoms with Gasteiger partial charge < -0.3 is 10.0 Å². The lowest BCUT2D eigenvalue weighted by Gasteiger charge is -2.36. The van der Waals surface area contributed by atoms with Gasteiger partial charge >= 0.3 is 5.97 Å². The van der Waals surface area contributed by atoms with Gasteiger partial charge in [-0.05, 0) is 38.0 Å². The average Bonchev–Trinajstić information content (AvgIpc) is 2.94. The summed E-state index contributed by atoms with van der Waals surface area (Å²) in [5.41, 5.74) is 0.789. The van der Waals surface area contributed by atoms with Crippen molar-refractivity contribution in [3.63, 3.8) is 0 Å². The maximum Gasteiger partial charge on any atom is 0.309 e. The molecular weight excluding hydrogens is 270 g/mol. The molecule has 1 saturated heterocycles. The van der Waals surface area contributed by atoms with E-state index in [0.717, 1.165) is 10.9 Å². The SMILES string of the molecule is CC1(C(=O)O)CCN(C(=O)c2ccc3[nH]ncc3c2)CC1. The number of piperidine rings is 1. The topological polar surface area (TPSA) is 86.3 Å². The summed E-state index contributed by atoms with van der Waals surface area (Å²) in [6.45, 7) is 2.70. The minimum absolute atomic E-state index is 0.0504. The lowest BCUT2D eigenvalue weighted by molar-refractivity contribution is -0.150. The van der Waals surface area contributed by atoms with Crippen molar-refractivity contribution >= 4 is 22.8 Å². The summed E-state index contributed by atoms with van der Waals surface area (Å²) < 4.78 is 0. The molecule has 1 amide bonds. The average molecular weight is 287 g/mol. The number of aromatic amines is 1. The van der Waals surface area contributed by atoms with E-state index in [1.807, 2.05) is 12.1 Å². The Balaban J connectivity index is 1.76. The number of nitrogens with zero attached hydrogens (tertiary/aromatic N) is 2. The van der Waals surface area contributed by atoms with Crippen LogP contribution in [-0.2, 0) is 4.79 Å². The zero-order chi connectivity index (χ0) is 15.0. The first-order chi connectivity index (χ1) is 9.99. The van der Waals surface area contributed by atoms with Crippen LogP contribution in [0, 0.1) is 5.41 Å². The summed E-state index contributed by atoms with van der Waals surface area (Å²) in [5.74, 6) is -0.833. The molecule has 2 N–H and O–H groups in total. The van der Waals surface area contributed by atoms with Gasteiger partial charge in [-0.2, -0.15) is 5.10 Å². The van der Waals surface area contributed by atoms with E-state index < -0.39 is 11.4 Å². The number of carbonyl (C=O) groups is 2. The summed E-state index contributed by atoms with van der Waals surface area (Å²) in [6.07, 6.45) is 2.66. The van der Waals surface area contributed by atoms with Gasteiger partial charge in [0.25, 0.3) is 5.91 Å². The molecule has 2 heterocycles. The van der Waals surface area contributed by atoms with Crippen molar-refractivity contribution in [1.29, 1.82) is 0 Å². The standard InChI is InChI=1S/C15H17N3O3/c1-15(14(20)21)4-6-18(7-5-15)13(19)10-2-3-12-11(8-10)9-16-17-12/h2-3,8-9H,4-7H2,1H3,(H,16,17)(H,20,21). The number of carbonyl (C=O) groups excluding carboxylic acids is 1. The molecule has 2 aromatic rings. The number of hydrogen-bond acceptors (Lipinski definition) is 3. The van der Waals surface area contributed by atoms with Crippen LogP contribution in [0.15, 0.2) is 24.4 Å². The van der Waals surface area contributed by atoms with Crippen molar-refractivity contribution in [2.45, 2.75) is 19.8 Å². The largest absolute Gasteiger partial charge is 0.481 e. The lowest BCUT2D eigenvalue weighted by Crippen LogP contribution is -2.45. The van der Waals surface area contributed by atoms with Gasteiger partial charge in [-0.1, -0.05) is 0 Å².